The smallest absolute Gasteiger partial charge is 0.233 e. The summed E-state index contributed by atoms with van der Waals surface area (Å²) in [6.45, 7) is 4.03. The lowest BCUT2D eigenvalue weighted by atomic mass is 9.67. The van der Waals surface area contributed by atoms with E-state index in [1.54, 1.807) is 6.07 Å². The molecule has 0 saturated carbocycles. The predicted octanol–water partition coefficient (Wildman–Crippen LogP) is 5.42. The number of phenols is 1. The average Bonchev–Trinajstić information content (AvgIpc) is 3.20. The van der Waals surface area contributed by atoms with Crippen molar-refractivity contribution in [3.63, 3.8) is 0 Å². The maximum Gasteiger partial charge on any atom is 0.233 e. The molecule has 1 saturated heterocycles. The summed E-state index contributed by atoms with van der Waals surface area (Å²) in [5.41, 5.74) is 4.56. The number of aromatic hydroxyl groups is 1. The first kappa shape index (κ1) is 30.3. The van der Waals surface area contributed by atoms with Crippen LogP contribution in [0.25, 0.3) is 11.6 Å². The van der Waals surface area contributed by atoms with E-state index in [1.807, 2.05) is 56.3 Å². The lowest BCUT2D eigenvalue weighted by Crippen LogP contribution is -2.39. The van der Waals surface area contributed by atoms with E-state index in [4.69, 9.17) is 4.74 Å². The molecule has 0 aromatic heterocycles. The van der Waals surface area contributed by atoms with Crippen molar-refractivity contribution >= 4 is 46.1 Å². The molecule has 0 unspecified atom stereocenters. The monoisotopic (exact) mass is 659 g/mol. The number of hydrogen-bond acceptors (Lipinski definition) is 6. The standard InChI is InChI=1S/C32H38INO6/c1-4-13-34-31(38)23-17-20(5-2)28(24(18-35)29(23)32(34)39)26(36)12-11-22(21-9-7-6-8-10-21)14-19-15-25(33)30(37)27(16-19)40-3/h6-10,14-16,23-24,26,29,35-37H,4-5,11-13,17-18H2,1-3H3/b22-14-/t23-,24+,26-,29-/m1/s1. The first-order chi connectivity index (χ1) is 19.2. The second kappa shape index (κ2) is 13.3. The van der Waals surface area contributed by atoms with Crippen LogP contribution in [0.5, 0.6) is 11.5 Å². The molecule has 2 amide bonds. The average molecular weight is 660 g/mol. The maximum absolute atomic E-state index is 13.3. The molecule has 2 aliphatic rings. The van der Waals surface area contributed by atoms with Crippen LogP contribution >= 0.6 is 22.6 Å². The maximum atomic E-state index is 13.3. The van der Waals surface area contributed by atoms with Gasteiger partial charge in [-0.25, -0.2) is 0 Å². The number of ether oxygens (including phenoxy) is 1. The van der Waals surface area contributed by atoms with E-state index in [1.165, 1.54) is 12.0 Å². The highest BCUT2D eigenvalue weighted by atomic mass is 127. The molecule has 0 spiro atoms. The van der Waals surface area contributed by atoms with E-state index >= 15 is 0 Å². The van der Waals surface area contributed by atoms with Crippen LogP contribution in [-0.4, -0.2) is 58.4 Å². The van der Waals surface area contributed by atoms with Crippen molar-refractivity contribution in [2.24, 2.45) is 17.8 Å². The number of amides is 2. The second-order valence-corrected chi connectivity index (χ2v) is 11.7. The Morgan fingerprint density at radius 3 is 2.52 bits per heavy atom. The van der Waals surface area contributed by atoms with Crippen LogP contribution < -0.4 is 4.74 Å². The van der Waals surface area contributed by atoms with Crippen molar-refractivity contribution in [2.75, 3.05) is 20.3 Å². The van der Waals surface area contributed by atoms with E-state index in [9.17, 15) is 24.9 Å². The van der Waals surface area contributed by atoms with E-state index in [0.717, 1.165) is 27.8 Å². The molecule has 2 aromatic rings. The molecule has 4 rings (SSSR count). The number of carbonyl (C=O) groups excluding carboxylic acids is 2. The fourth-order valence-corrected chi connectivity index (χ4v) is 6.87. The molecule has 0 radical (unpaired) electrons. The van der Waals surface area contributed by atoms with Gasteiger partial charge in [-0.2, -0.15) is 0 Å². The molecule has 1 aliphatic carbocycles. The minimum Gasteiger partial charge on any atom is -0.504 e. The minimum absolute atomic E-state index is 0.0963. The molecule has 7 nitrogen and oxygen atoms in total. The van der Waals surface area contributed by atoms with Gasteiger partial charge in [0.15, 0.2) is 11.5 Å². The highest BCUT2D eigenvalue weighted by Gasteiger charge is 2.54. The van der Waals surface area contributed by atoms with E-state index in [-0.39, 0.29) is 24.2 Å². The number of methoxy groups -OCH3 is 1. The quantitative estimate of drug-likeness (QED) is 0.129. The fourth-order valence-electron chi connectivity index (χ4n) is 6.24. The SMILES string of the molecule is CCCN1C(=O)[C@@H]2[C@@H](CC(CC)=C([C@H](O)CC/C(=C/c3cc(I)c(O)c(OC)c3)c3ccccc3)[C@@H]2CO)C1=O. The molecule has 40 heavy (non-hydrogen) atoms. The van der Waals surface area contributed by atoms with Crippen molar-refractivity contribution < 1.29 is 29.6 Å². The molecule has 2 aromatic carbocycles. The number of aliphatic hydroxyl groups excluding tert-OH is 2. The van der Waals surface area contributed by atoms with Crippen molar-refractivity contribution in [1.82, 2.24) is 4.90 Å². The number of nitrogens with zero attached hydrogens (tertiary/aromatic N) is 1. The van der Waals surface area contributed by atoms with Crippen LogP contribution in [0.1, 0.15) is 57.1 Å². The Hall–Kier alpha value is -2.69. The molecule has 1 aliphatic heterocycles. The zero-order valence-electron chi connectivity index (χ0n) is 23.3. The minimum atomic E-state index is -0.863. The van der Waals surface area contributed by atoms with Crippen molar-refractivity contribution in [1.29, 1.82) is 0 Å². The largest absolute Gasteiger partial charge is 0.504 e. The second-order valence-electron chi connectivity index (χ2n) is 10.5. The zero-order chi connectivity index (χ0) is 29.0. The predicted molar refractivity (Wildman–Crippen MR) is 163 cm³/mol. The molecule has 4 atom stereocenters. The number of aliphatic hydroxyl groups is 2. The number of fused-ring (bicyclic) bond motifs is 1. The van der Waals surface area contributed by atoms with Gasteiger partial charge in [-0.15, -0.1) is 0 Å². The molecular weight excluding hydrogens is 621 g/mol. The number of allylic oxidation sites excluding steroid dienone is 2. The third-order valence-corrected chi connectivity index (χ3v) is 8.97. The van der Waals surface area contributed by atoms with Crippen LogP contribution in [0.3, 0.4) is 0 Å². The van der Waals surface area contributed by atoms with E-state index in [2.05, 4.69) is 22.6 Å². The van der Waals surface area contributed by atoms with Crippen molar-refractivity contribution in [2.45, 2.75) is 52.1 Å². The molecule has 0 bridgehead atoms. The van der Waals surface area contributed by atoms with Gasteiger partial charge in [0.2, 0.25) is 11.8 Å². The summed E-state index contributed by atoms with van der Waals surface area (Å²) in [5.74, 6) is -1.56. The Morgan fingerprint density at radius 2 is 1.90 bits per heavy atom. The summed E-state index contributed by atoms with van der Waals surface area (Å²) in [5, 5.41) is 32.3. The lowest BCUT2D eigenvalue weighted by Gasteiger charge is -2.36. The Labute approximate surface area is 249 Å². The van der Waals surface area contributed by atoms with Gasteiger partial charge in [0, 0.05) is 12.5 Å². The molecule has 8 heteroatoms. The third-order valence-electron chi connectivity index (χ3n) is 8.15. The number of benzene rings is 2. The topological polar surface area (TPSA) is 107 Å². The number of likely N-dealkylation sites (tertiary alicyclic amines) is 1. The first-order valence-corrected chi connectivity index (χ1v) is 15.0. The fraction of sp³-hybridized carbons (Fsp3) is 0.438. The Morgan fingerprint density at radius 1 is 1.18 bits per heavy atom. The number of imide groups is 1. The highest BCUT2D eigenvalue weighted by Crippen LogP contribution is 2.47. The number of rotatable bonds is 11. The summed E-state index contributed by atoms with van der Waals surface area (Å²) in [6, 6.07) is 13.6. The van der Waals surface area contributed by atoms with Crippen LogP contribution in [-0.2, 0) is 9.59 Å². The molecule has 214 valence electrons. The van der Waals surface area contributed by atoms with Crippen molar-refractivity contribution in [3.05, 3.63) is 68.3 Å². The third kappa shape index (κ3) is 5.99. The number of hydrogen-bond donors (Lipinski definition) is 3. The van der Waals surface area contributed by atoms with Gasteiger partial charge >= 0.3 is 0 Å². The van der Waals surface area contributed by atoms with Crippen LogP contribution in [0.15, 0.2) is 53.6 Å². The van der Waals surface area contributed by atoms with Gasteiger partial charge in [0.25, 0.3) is 0 Å². The van der Waals surface area contributed by atoms with Crippen LogP contribution in [0.2, 0.25) is 0 Å². The zero-order valence-corrected chi connectivity index (χ0v) is 25.4. The summed E-state index contributed by atoms with van der Waals surface area (Å²) in [6.07, 6.45) is 3.87. The Bertz CT molecular complexity index is 1300. The Kier molecular flexibility index (Phi) is 10.1. The van der Waals surface area contributed by atoms with Crippen LogP contribution in [0.4, 0.5) is 0 Å². The summed E-state index contributed by atoms with van der Waals surface area (Å²) < 4.78 is 6.01. The number of phenolic OH excluding ortho intramolecular Hbond substituents is 1. The molecule has 1 fully saturated rings. The van der Waals surface area contributed by atoms with Crippen molar-refractivity contribution in [3.8, 4) is 11.5 Å². The number of carbonyl (C=O) groups is 2. The first-order valence-electron chi connectivity index (χ1n) is 13.9. The van der Waals surface area contributed by atoms with E-state index in [0.29, 0.717) is 48.0 Å². The molecule has 1 heterocycles. The molecule has 3 N–H and O–H groups in total. The van der Waals surface area contributed by atoms with Gasteiger partial charge in [0.1, 0.15) is 0 Å². The van der Waals surface area contributed by atoms with Gasteiger partial charge in [0.05, 0.1) is 35.2 Å². The molecular formula is C32H38INO6. The summed E-state index contributed by atoms with van der Waals surface area (Å²) >= 11 is 2.07. The summed E-state index contributed by atoms with van der Waals surface area (Å²) in [4.78, 5) is 27.7. The highest BCUT2D eigenvalue weighted by molar-refractivity contribution is 14.1. The number of halogens is 1. The van der Waals surface area contributed by atoms with Gasteiger partial charge in [-0.05, 0) is 89.1 Å². The van der Waals surface area contributed by atoms with Gasteiger partial charge in [-0.3, -0.25) is 14.5 Å². The van der Waals surface area contributed by atoms with Gasteiger partial charge < -0.3 is 20.1 Å². The normalized spacial score (nSPS) is 22.1. The Balaban J connectivity index is 1.64. The van der Waals surface area contributed by atoms with Crippen LogP contribution in [0, 0.1) is 21.3 Å². The van der Waals surface area contributed by atoms with Gasteiger partial charge in [-0.1, -0.05) is 55.8 Å². The lowest BCUT2D eigenvalue weighted by molar-refractivity contribution is -0.140. The van der Waals surface area contributed by atoms with E-state index < -0.39 is 23.9 Å². The summed E-state index contributed by atoms with van der Waals surface area (Å²) in [7, 11) is 1.52.